The van der Waals surface area contributed by atoms with Gasteiger partial charge in [-0.15, -0.1) is 0 Å². The summed E-state index contributed by atoms with van der Waals surface area (Å²) in [6.07, 6.45) is 2.83. The van der Waals surface area contributed by atoms with Crippen molar-refractivity contribution in [1.82, 2.24) is 0 Å². The quantitative estimate of drug-likeness (QED) is 0.771. The van der Waals surface area contributed by atoms with E-state index in [1.807, 2.05) is 6.26 Å². The van der Waals surface area contributed by atoms with Crippen LogP contribution in [-0.2, 0) is 0 Å². The standard InChI is InChI=1S/C11H14F2N2OS/c1-17-4-2-3-15-10-5-7(11(14)16)8(12)6-9(10)13/h5-6,15H,2-4H2,1H3,(H2,14,16). The highest BCUT2D eigenvalue weighted by molar-refractivity contribution is 7.98. The zero-order chi connectivity index (χ0) is 12.8. The van der Waals surface area contributed by atoms with Gasteiger partial charge in [-0.05, 0) is 24.5 Å². The van der Waals surface area contributed by atoms with Crippen molar-refractivity contribution >= 4 is 23.4 Å². The summed E-state index contributed by atoms with van der Waals surface area (Å²) in [4.78, 5) is 10.9. The lowest BCUT2D eigenvalue weighted by Gasteiger charge is -2.09. The number of hydrogen-bond donors (Lipinski definition) is 2. The fourth-order valence-corrected chi connectivity index (χ4v) is 1.75. The molecule has 94 valence electrons. The van der Waals surface area contributed by atoms with Crippen molar-refractivity contribution in [2.45, 2.75) is 6.42 Å². The average Bonchev–Trinajstić information content (AvgIpc) is 2.26. The van der Waals surface area contributed by atoms with E-state index >= 15 is 0 Å². The number of benzene rings is 1. The number of nitrogens with two attached hydrogens (primary N) is 1. The number of anilines is 1. The van der Waals surface area contributed by atoms with Gasteiger partial charge in [-0.25, -0.2) is 8.78 Å². The topological polar surface area (TPSA) is 55.1 Å². The summed E-state index contributed by atoms with van der Waals surface area (Å²) in [6.45, 7) is 0.557. The van der Waals surface area contributed by atoms with Crippen LogP contribution in [0.2, 0.25) is 0 Å². The zero-order valence-electron chi connectivity index (χ0n) is 9.43. The van der Waals surface area contributed by atoms with E-state index in [4.69, 9.17) is 5.73 Å². The van der Waals surface area contributed by atoms with Gasteiger partial charge in [0.15, 0.2) is 0 Å². The molecule has 0 saturated heterocycles. The van der Waals surface area contributed by atoms with E-state index in [1.165, 1.54) is 0 Å². The minimum Gasteiger partial charge on any atom is -0.383 e. The van der Waals surface area contributed by atoms with Crippen LogP contribution in [0.4, 0.5) is 14.5 Å². The van der Waals surface area contributed by atoms with Crippen LogP contribution >= 0.6 is 11.8 Å². The first-order valence-corrected chi connectivity index (χ1v) is 6.47. The smallest absolute Gasteiger partial charge is 0.251 e. The molecule has 3 N–H and O–H groups in total. The highest BCUT2D eigenvalue weighted by atomic mass is 32.2. The SMILES string of the molecule is CSCCCNc1cc(C(N)=O)c(F)cc1F. The van der Waals surface area contributed by atoms with E-state index in [0.29, 0.717) is 12.6 Å². The molecule has 0 fully saturated rings. The molecule has 0 spiro atoms. The van der Waals surface area contributed by atoms with E-state index in [1.54, 1.807) is 11.8 Å². The van der Waals surface area contributed by atoms with Gasteiger partial charge in [0.1, 0.15) is 11.6 Å². The van der Waals surface area contributed by atoms with Gasteiger partial charge in [-0.2, -0.15) is 11.8 Å². The van der Waals surface area contributed by atoms with Gasteiger partial charge < -0.3 is 11.1 Å². The second-order valence-electron chi connectivity index (χ2n) is 3.45. The normalized spacial score (nSPS) is 10.3. The number of halogens is 2. The maximum Gasteiger partial charge on any atom is 0.251 e. The molecule has 1 aromatic carbocycles. The van der Waals surface area contributed by atoms with Crippen LogP contribution in [0.5, 0.6) is 0 Å². The highest BCUT2D eigenvalue weighted by Gasteiger charge is 2.13. The number of amides is 1. The van der Waals surface area contributed by atoms with Gasteiger partial charge in [-0.1, -0.05) is 0 Å². The largest absolute Gasteiger partial charge is 0.383 e. The highest BCUT2D eigenvalue weighted by Crippen LogP contribution is 2.19. The third kappa shape index (κ3) is 3.89. The third-order valence-electron chi connectivity index (χ3n) is 2.16. The van der Waals surface area contributed by atoms with E-state index in [0.717, 1.165) is 18.2 Å². The van der Waals surface area contributed by atoms with E-state index in [-0.39, 0.29) is 11.3 Å². The predicted molar refractivity (Wildman–Crippen MR) is 66.4 cm³/mol. The van der Waals surface area contributed by atoms with E-state index in [9.17, 15) is 13.6 Å². The predicted octanol–water partition coefficient (Wildman–Crippen LogP) is 2.23. The summed E-state index contributed by atoms with van der Waals surface area (Å²) in [6, 6.07) is 1.77. The van der Waals surface area contributed by atoms with Crippen LogP contribution in [0.3, 0.4) is 0 Å². The summed E-state index contributed by atoms with van der Waals surface area (Å²) in [7, 11) is 0. The first-order valence-electron chi connectivity index (χ1n) is 5.08. The van der Waals surface area contributed by atoms with Crippen LogP contribution in [0, 0.1) is 11.6 Å². The third-order valence-corrected chi connectivity index (χ3v) is 2.86. The molecule has 6 heteroatoms. The number of carbonyl (C=O) groups excluding carboxylic acids is 1. The second-order valence-corrected chi connectivity index (χ2v) is 4.43. The van der Waals surface area contributed by atoms with Crippen molar-refractivity contribution in [2.24, 2.45) is 5.73 Å². The molecule has 1 rings (SSSR count). The van der Waals surface area contributed by atoms with Crippen molar-refractivity contribution in [3.05, 3.63) is 29.3 Å². The molecule has 0 aromatic heterocycles. The molecule has 3 nitrogen and oxygen atoms in total. The molecule has 1 amide bonds. The van der Waals surface area contributed by atoms with Crippen LogP contribution in [0.25, 0.3) is 0 Å². The Bertz CT molecular complexity index is 413. The Morgan fingerprint density at radius 1 is 1.41 bits per heavy atom. The number of primary amides is 1. The molecule has 0 saturated carbocycles. The molecular weight excluding hydrogens is 246 g/mol. The van der Waals surface area contributed by atoms with Gasteiger partial charge in [0, 0.05) is 12.6 Å². The Hall–Kier alpha value is -1.30. The summed E-state index contributed by atoms with van der Waals surface area (Å²) in [5.74, 6) is -1.63. The molecule has 0 aliphatic rings. The Morgan fingerprint density at radius 3 is 2.71 bits per heavy atom. The first-order chi connectivity index (χ1) is 8.06. The molecule has 0 aliphatic heterocycles. The summed E-state index contributed by atoms with van der Waals surface area (Å²) < 4.78 is 26.5. The minimum atomic E-state index is -0.940. The lowest BCUT2D eigenvalue weighted by Crippen LogP contribution is -2.15. The second kappa shape index (κ2) is 6.44. The monoisotopic (exact) mass is 260 g/mol. The molecular formula is C11H14F2N2OS. The summed E-state index contributed by atoms with van der Waals surface area (Å²) in [5.41, 5.74) is 4.77. The number of thioether (sulfide) groups is 1. The van der Waals surface area contributed by atoms with Crippen molar-refractivity contribution in [2.75, 3.05) is 23.9 Å². The molecule has 17 heavy (non-hydrogen) atoms. The molecule has 0 aliphatic carbocycles. The van der Waals surface area contributed by atoms with Crippen molar-refractivity contribution in [3.8, 4) is 0 Å². The van der Waals surface area contributed by atoms with Crippen LogP contribution < -0.4 is 11.1 Å². The fourth-order valence-electron chi connectivity index (χ4n) is 1.31. The number of carbonyl (C=O) groups is 1. The number of rotatable bonds is 6. The van der Waals surface area contributed by atoms with Crippen molar-refractivity contribution in [3.63, 3.8) is 0 Å². The van der Waals surface area contributed by atoms with Gasteiger partial charge >= 0.3 is 0 Å². The van der Waals surface area contributed by atoms with Crippen LogP contribution in [-0.4, -0.2) is 24.5 Å². The molecule has 0 bridgehead atoms. The maximum absolute atomic E-state index is 13.3. The average molecular weight is 260 g/mol. The minimum absolute atomic E-state index is 0.0984. The fraction of sp³-hybridized carbons (Fsp3) is 0.364. The molecule has 0 unspecified atom stereocenters. The Labute approximate surface area is 103 Å². The van der Waals surface area contributed by atoms with E-state index in [2.05, 4.69) is 5.32 Å². The summed E-state index contributed by atoms with van der Waals surface area (Å²) in [5, 5.41) is 2.81. The molecule has 0 atom stereocenters. The molecule has 0 radical (unpaired) electrons. The van der Waals surface area contributed by atoms with Crippen molar-refractivity contribution in [1.29, 1.82) is 0 Å². The lowest BCUT2D eigenvalue weighted by atomic mass is 10.1. The molecule has 0 heterocycles. The number of hydrogen-bond acceptors (Lipinski definition) is 3. The van der Waals surface area contributed by atoms with Gasteiger partial charge in [0.2, 0.25) is 0 Å². The Balaban J connectivity index is 2.77. The van der Waals surface area contributed by atoms with Crippen LogP contribution in [0.15, 0.2) is 12.1 Å². The maximum atomic E-state index is 13.3. The van der Waals surface area contributed by atoms with E-state index < -0.39 is 17.5 Å². The van der Waals surface area contributed by atoms with Gasteiger partial charge in [-0.3, -0.25) is 4.79 Å². The number of nitrogens with one attached hydrogen (secondary N) is 1. The Kier molecular flexibility index (Phi) is 5.21. The van der Waals surface area contributed by atoms with Gasteiger partial charge in [0.05, 0.1) is 11.3 Å². The zero-order valence-corrected chi connectivity index (χ0v) is 10.2. The van der Waals surface area contributed by atoms with Crippen LogP contribution in [0.1, 0.15) is 16.8 Å². The molecule has 1 aromatic rings. The van der Waals surface area contributed by atoms with Gasteiger partial charge in [0.25, 0.3) is 5.91 Å². The Morgan fingerprint density at radius 2 is 2.12 bits per heavy atom. The first kappa shape index (κ1) is 13.8. The summed E-state index contributed by atoms with van der Waals surface area (Å²) >= 11 is 1.68. The van der Waals surface area contributed by atoms with Crippen molar-refractivity contribution < 1.29 is 13.6 Å². The lowest BCUT2D eigenvalue weighted by molar-refractivity contribution is 0.0996.